The lowest BCUT2D eigenvalue weighted by Crippen LogP contribution is -2.49. The normalized spacial score (nSPS) is 18.0. The highest BCUT2D eigenvalue weighted by molar-refractivity contribution is 8.12. The molecule has 4 aromatic heterocycles. The Hall–Kier alpha value is -2.86. The largest absolute Gasteiger partial charge is 0.425 e. The van der Waals surface area contributed by atoms with Crippen LogP contribution in [0.25, 0.3) is 30.0 Å². The van der Waals surface area contributed by atoms with Crippen molar-refractivity contribution >= 4 is 67.6 Å². The van der Waals surface area contributed by atoms with Crippen LogP contribution in [0.1, 0.15) is 31.5 Å². The number of hydrogen-bond donors (Lipinski definition) is 0. The topological polar surface area (TPSA) is 0 Å². The van der Waals surface area contributed by atoms with E-state index < -0.39 is 83.8 Å². The molecule has 1 aliphatic carbocycles. The van der Waals surface area contributed by atoms with Crippen LogP contribution in [0.2, 0.25) is 0 Å². The van der Waals surface area contributed by atoms with Gasteiger partial charge in [0, 0.05) is 41.1 Å². The molecule has 0 radical (unpaired) electrons. The number of rotatable bonds is 7. The molecule has 0 spiro atoms. The predicted octanol–water partition coefficient (Wildman–Crippen LogP) is 13.8. The van der Waals surface area contributed by atoms with E-state index in [9.17, 15) is 48.3 Å². The molecule has 49 heavy (non-hydrogen) atoms. The first kappa shape index (κ1) is 37.4. The summed E-state index contributed by atoms with van der Waals surface area (Å²) >= 11 is 0.787. The zero-order valence-electron chi connectivity index (χ0n) is 23.1. The average Bonchev–Trinajstić information content (AvgIpc) is 3.78. The Balaban J connectivity index is 1.76. The predicted molar refractivity (Wildman–Crippen MR) is 161 cm³/mol. The second-order valence-electron chi connectivity index (χ2n) is 9.91. The number of thioether (sulfide) groups is 1. The highest BCUT2D eigenvalue weighted by atomic mass is 32.2. The van der Waals surface area contributed by atoms with Crippen molar-refractivity contribution in [2.75, 3.05) is 0 Å². The minimum Gasteiger partial charge on any atom is -0.194 e. The lowest BCUT2D eigenvalue weighted by atomic mass is 9.97. The van der Waals surface area contributed by atoms with Crippen molar-refractivity contribution in [2.45, 2.75) is 42.7 Å². The smallest absolute Gasteiger partial charge is 0.194 e. The van der Waals surface area contributed by atoms with Gasteiger partial charge < -0.3 is 0 Å². The van der Waals surface area contributed by atoms with Crippen molar-refractivity contribution in [1.82, 2.24) is 0 Å². The quantitative estimate of drug-likeness (QED) is 0.132. The zero-order chi connectivity index (χ0) is 36.5. The molecule has 0 amide bonds. The van der Waals surface area contributed by atoms with Gasteiger partial charge in [0.05, 0.1) is 4.88 Å². The van der Waals surface area contributed by atoms with Gasteiger partial charge in [0.1, 0.15) is 14.6 Å². The van der Waals surface area contributed by atoms with E-state index in [-0.39, 0.29) is 53.5 Å². The SMILES string of the molecule is C#CS/C(=C\CC1=C(c2cc(-c3ccc(C(F)(F)F)s3)sc2-c2ccc(C(F)(F)F)s2)C(F)(F)C(F)(F)C1(F)F)c1ccc(C(F)(F)F)s1. The van der Waals surface area contributed by atoms with Gasteiger partial charge in [-0.3, -0.25) is 0 Å². The summed E-state index contributed by atoms with van der Waals surface area (Å²) in [7, 11) is 0. The minimum absolute atomic E-state index is 0.0502. The number of halogens is 15. The molecule has 20 heteroatoms. The van der Waals surface area contributed by atoms with E-state index in [0.29, 0.717) is 53.4 Å². The maximum absolute atomic E-state index is 15.6. The Labute approximate surface area is 285 Å². The van der Waals surface area contributed by atoms with Crippen molar-refractivity contribution in [3.8, 4) is 31.2 Å². The van der Waals surface area contributed by atoms with Gasteiger partial charge in [0.2, 0.25) is 0 Å². The minimum atomic E-state index is -6.12. The van der Waals surface area contributed by atoms with Crippen molar-refractivity contribution in [3.63, 3.8) is 0 Å². The molecule has 0 fully saturated rings. The van der Waals surface area contributed by atoms with Gasteiger partial charge in [-0.25, -0.2) is 0 Å². The Morgan fingerprint density at radius 2 is 1.18 bits per heavy atom. The van der Waals surface area contributed by atoms with E-state index in [0.717, 1.165) is 18.2 Å². The second-order valence-corrected chi connectivity index (χ2v) is 15.1. The lowest BCUT2D eigenvalue weighted by Gasteiger charge is -2.25. The number of hydrogen-bond acceptors (Lipinski definition) is 5. The molecular formula is C29H11F15S5. The third kappa shape index (κ3) is 6.68. The van der Waals surface area contributed by atoms with E-state index in [1.54, 1.807) is 0 Å². The first-order valence-electron chi connectivity index (χ1n) is 12.8. The highest BCUT2D eigenvalue weighted by Crippen LogP contribution is 2.65. The molecule has 0 saturated heterocycles. The van der Waals surface area contributed by atoms with Gasteiger partial charge in [-0.1, -0.05) is 6.08 Å². The van der Waals surface area contributed by atoms with Crippen LogP contribution in [0.15, 0.2) is 54.1 Å². The van der Waals surface area contributed by atoms with Gasteiger partial charge in [-0.05, 0) is 65.9 Å². The summed E-state index contributed by atoms with van der Waals surface area (Å²) in [5.41, 5.74) is -5.02. The number of thiophene rings is 4. The Morgan fingerprint density at radius 1 is 0.673 bits per heavy atom. The van der Waals surface area contributed by atoms with Crippen LogP contribution in [-0.2, 0) is 18.5 Å². The molecule has 4 heterocycles. The maximum Gasteiger partial charge on any atom is 0.425 e. The fraction of sp³-hybridized carbons (Fsp3) is 0.241. The summed E-state index contributed by atoms with van der Waals surface area (Å²) in [6.45, 7) is 0. The van der Waals surface area contributed by atoms with Crippen LogP contribution in [0.4, 0.5) is 65.9 Å². The standard InChI is InChI=1S/C29H11F15S5/c1-2-45-14(15-5-8-19(46-15)26(34,35)36)4-3-13-22(25(32,33)29(43,44)24(13,30)31)12-11-18(16-6-9-20(47-16)27(37,38)39)49-23(12)17-7-10-21(48-17)28(40,41)42/h1,4-11H,3H2/b14-4-. The molecule has 0 bridgehead atoms. The molecule has 0 atom stereocenters. The lowest BCUT2D eigenvalue weighted by molar-refractivity contribution is -0.260. The molecule has 0 saturated carbocycles. The van der Waals surface area contributed by atoms with Crippen LogP contribution in [0, 0.1) is 11.7 Å². The summed E-state index contributed by atoms with van der Waals surface area (Å²) in [5.74, 6) is -17.4. The van der Waals surface area contributed by atoms with E-state index in [1.165, 1.54) is 0 Å². The van der Waals surface area contributed by atoms with E-state index in [2.05, 4.69) is 0 Å². The molecule has 1 aliphatic rings. The molecular weight excluding hydrogens is 794 g/mol. The van der Waals surface area contributed by atoms with Crippen LogP contribution in [0.5, 0.6) is 0 Å². The maximum atomic E-state index is 15.6. The van der Waals surface area contributed by atoms with Crippen molar-refractivity contribution in [2.24, 2.45) is 0 Å². The monoisotopic (exact) mass is 804 g/mol. The first-order valence-corrected chi connectivity index (χ1v) is 16.9. The Bertz CT molecular complexity index is 1980. The summed E-state index contributed by atoms with van der Waals surface area (Å²) in [6, 6.07) is 4.90. The van der Waals surface area contributed by atoms with Crippen molar-refractivity contribution in [1.29, 1.82) is 0 Å². The third-order valence-electron chi connectivity index (χ3n) is 6.81. The molecule has 5 rings (SSSR count). The van der Waals surface area contributed by atoms with E-state index >= 15 is 17.6 Å². The summed E-state index contributed by atoms with van der Waals surface area (Å²) in [5, 5.41) is 1.97. The van der Waals surface area contributed by atoms with Crippen LogP contribution < -0.4 is 0 Å². The van der Waals surface area contributed by atoms with Gasteiger partial charge in [0.15, 0.2) is 0 Å². The van der Waals surface area contributed by atoms with Gasteiger partial charge >= 0.3 is 36.3 Å². The van der Waals surface area contributed by atoms with E-state index in [4.69, 9.17) is 6.42 Å². The molecule has 4 aromatic rings. The Morgan fingerprint density at radius 3 is 1.69 bits per heavy atom. The molecule has 0 aliphatic heterocycles. The summed E-state index contributed by atoms with van der Waals surface area (Å²) in [6.07, 6.45) is -10.3. The van der Waals surface area contributed by atoms with Gasteiger partial charge in [-0.2, -0.15) is 65.9 Å². The van der Waals surface area contributed by atoms with Crippen molar-refractivity contribution < 1.29 is 65.9 Å². The van der Waals surface area contributed by atoms with Gasteiger partial charge in [0.25, 0.3) is 0 Å². The molecule has 0 unspecified atom stereocenters. The molecule has 262 valence electrons. The average molecular weight is 805 g/mol. The number of terminal acetylenes is 1. The second kappa shape index (κ2) is 12.4. The fourth-order valence-electron chi connectivity index (χ4n) is 4.64. The first-order chi connectivity index (χ1) is 22.4. The highest BCUT2D eigenvalue weighted by Gasteiger charge is 2.80. The zero-order valence-corrected chi connectivity index (χ0v) is 27.2. The fourth-order valence-corrected chi connectivity index (χ4v) is 9.28. The summed E-state index contributed by atoms with van der Waals surface area (Å²) < 4.78 is 212. The van der Waals surface area contributed by atoms with Gasteiger partial charge in [-0.15, -0.1) is 51.8 Å². The molecule has 0 aromatic carbocycles. The third-order valence-corrected chi connectivity index (χ3v) is 12.6. The summed E-state index contributed by atoms with van der Waals surface area (Å²) in [4.78, 5) is -6.01. The van der Waals surface area contributed by atoms with E-state index in [1.807, 2.05) is 5.25 Å². The number of allylic oxidation sites excluding steroid dienone is 3. The van der Waals surface area contributed by atoms with Crippen LogP contribution in [-0.4, -0.2) is 17.8 Å². The Kier molecular flexibility index (Phi) is 9.48. The molecule has 0 N–H and O–H groups in total. The van der Waals surface area contributed by atoms with Crippen LogP contribution in [0.3, 0.4) is 0 Å². The molecule has 0 nitrogen and oxygen atoms in total. The number of alkyl halides is 15. The van der Waals surface area contributed by atoms with Crippen LogP contribution >= 0.6 is 57.1 Å². The van der Waals surface area contributed by atoms with Crippen molar-refractivity contribution in [3.05, 3.63) is 79.2 Å².